The summed E-state index contributed by atoms with van der Waals surface area (Å²) in [5.74, 6) is 2.29. The van der Waals surface area contributed by atoms with Crippen molar-refractivity contribution in [3.8, 4) is 12.3 Å². The van der Waals surface area contributed by atoms with Gasteiger partial charge in [-0.1, -0.05) is 5.92 Å². The van der Waals surface area contributed by atoms with Crippen LogP contribution in [0.2, 0.25) is 0 Å². The van der Waals surface area contributed by atoms with Crippen molar-refractivity contribution in [2.45, 2.75) is 6.43 Å². The van der Waals surface area contributed by atoms with Gasteiger partial charge in [0.05, 0.1) is 4.88 Å². The van der Waals surface area contributed by atoms with Crippen molar-refractivity contribution in [2.24, 2.45) is 0 Å². The second-order valence-electron chi connectivity index (χ2n) is 1.69. The highest BCUT2D eigenvalue weighted by Gasteiger charge is 2.07. The fourth-order valence-corrected chi connectivity index (χ4v) is 1.25. The zero-order valence-corrected chi connectivity index (χ0v) is 5.79. The van der Waals surface area contributed by atoms with E-state index in [0.29, 0.717) is 4.88 Å². The van der Waals surface area contributed by atoms with Crippen molar-refractivity contribution in [1.29, 1.82) is 0 Å². The molecule has 10 heavy (non-hydrogen) atoms. The zero-order chi connectivity index (χ0) is 7.56. The Morgan fingerprint density at radius 1 is 1.60 bits per heavy atom. The summed E-state index contributed by atoms with van der Waals surface area (Å²) in [4.78, 5) is 0.551. The first kappa shape index (κ1) is 7.23. The molecule has 0 aliphatic heterocycles. The van der Waals surface area contributed by atoms with E-state index in [1.165, 1.54) is 11.4 Å². The highest BCUT2D eigenvalue weighted by Crippen LogP contribution is 2.23. The third-order valence-electron chi connectivity index (χ3n) is 1.01. The minimum Gasteiger partial charge on any atom is -0.205 e. The molecule has 1 rings (SSSR count). The summed E-state index contributed by atoms with van der Waals surface area (Å²) in [5, 5.41) is 1.37. The number of halogens is 2. The monoisotopic (exact) mass is 158 g/mol. The Balaban J connectivity index is 2.91. The molecule has 0 radical (unpaired) electrons. The molecule has 0 bridgehead atoms. The van der Waals surface area contributed by atoms with Gasteiger partial charge in [0.25, 0.3) is 6.43 Å². The number of thiophene rings is 1. The molecule has 0 spiro atoms. The summed E-state index contributed by atoms with van der Waals surface area (Å²) < 4.78 is 23.7. The van der Waals surface area contributed by atoms with E-state index < -0.39 is 6.43 Å². The lowest BCUT2D eigenvalue weighted by atomic mass is 10.3. The number of hydrogen-bond acceptors (Lipinski definition) is 1. The minimum atomic E-state index is -2.40. The standard InChI is InChI=1S/C7H4F2S/c1-2-6-3-5(4-10-6)7(8)9/h1,3-4,7H. The highest BCUT2D eigenvalue weighted by molar-refractivity contribution is 7.10. The summed E-state index contributed by atoms with van der Waals surface area (Å²) >= 11 is 1.16. The van der Waals surface area contributed by atoms with E-state index in [4.69, 9.17) is 6.42 Å². The Hall–Kier alpha value is -0.880. The minimum absolute atomic E-state index is 0.0120. The summed E-state index contributed by atoms with van der Waals surface area (Å²) in [5.41, 5.74) is 0.0120. The first-order valence-electron chi connectivity index (χ1n) is 2.57. The van der Waals surface area contributed by atoms with Crippen LogP contribution in [0.25, 0.3) is 0 Å². The highest BCUT2D eigenvalue weighted by atomic mass is 32.1. The molecule has 0 aromatic carbocycles. The van der Waals surface area contributed by atoms with Gasteiger partial charge in [-0.05, 0) is 6.07 Å². The molecule has 0 unspecified atom stereocenters. The van der Waals surface area contributed by atoms with Crippen LogP contribution < -0.4 is 0 Å². The van der Waals surface area contributed by atoms with Gasteiger partial charge in [0, 0.05) is 10.9 Å². The molecule has 1 aromatic heterocycles. The molecule has 0 aliphatic carbocycles. The van der Waals surface area contributed by atoms with E-state index in [2.05, 4.69) is 5.92 Å². The number of alkyl halides is 2. The second kappa shape index (κ2) is 2.80. The van der Waals surface area contributed by atoms with Gasteiger partial charge in [-0.25, -0.2) is 8.78 Å². The zero-order valence-electron chi connectivity index (χ0n) is 4.97. The van der Waals surface area contributed by atoms with E-state index in [-0.39, 0.29) is 5.56 Å². The molecule has 0 aliphatic rings. The molecule has 3 heteroatoms. The van der Waals surface area contributed by atoms with Crippen LogP contribution >= 0.6 is 11.3 Å². The Bertz CT molecular complexity index is 257. The van der Waals surface area contributed by atoms with Gasteiger partial charge in [-0.2, -0.15) is 0 Å². The van der Waals surface area contributed by atoms with Crippen molar-refractivity contribution < 1.29 is 8.78 Å². The molecule has 52 valence electrons. The first-order valence-corrected chi connectivity index (χ1v) is 3.45. The van der Waals surface area contributed by atoms with Crippen LogP contribution in [0.1, 0.15) is 16.9 Å². The summed E-state index contributed by atoms with van der Waals surface area (Å²) in [6.07, 6.45) is 2.57. The van der Waals surface area contributed by atoms with Crippen molar-refractivity contribution >= 4 is 11.3 Å². The molecule has 0 fully saturated rings. The lowest BCUT2D eigenvalue weighted by Crippen LogP contribution is -1.75. The van der Waals surface area contributed by atoms with Gasteiger partial charge in [0.2, 0.25) is 0 Å². The lowest BCUT2D eigenvalue weighted by molar-refractivity contribution is 0.152. The Kier molecular flexibility index (Phi) is 2.03. The van der Waals surface area contributed by atoms with Crippen LogP contribution in [0.3, 0.4) is 0 Å². The molecule has 0 amide bonds. The molecule has 0 saturated heterocycles. The first-order chi connectivity index (χ1) is 4.74. The van der Waals surface area contributed by atoms with E-state index in [9.17, 15) is 8.78 Å². The van der Waals surface area contributed by atoms with Gasteiger partial charge in [-0.3, -0.25) is 0 Å². The molecule has 0 N–H and O–H groups in total. The number of rotatable bonds is 1. The molecular formula is C7H4F2S. The van der Waals surface area contributed by atoms with E-state index in [0.717, 1.165) is 11.3 Å². The Morgan fingerprint density at radius 3 is 2.60 bits per heavy atom. The van der Waals surface area contributed by atoms with Crippen LogP contribution in [0.15, 0.2) is 11.4 Å². The normalized spacial score (nSPS) is 9.80. The fourth-order valence-electron chi connectivity index (χ4n) is 0.541. The van der Waals surface area contributed by atoms with Crippen LogP contribution in [0.5, 0.6) is 0 Å². The van der Waals surface area contributed by atoms with Crippen molar-refractivity contribution in [1.82, 2.24) is 0 Å². The van der Waals surface area contributed by atoms with Gasteiger partial charge in [0.15, 0.2) is 0 Å². The maximum absolute atomic E-state index is 11.9. The largest absolute Gasteiger partial charge is 0.264 e. The van der Waals surface area contributed by atoms with E-state index in [1.54, 1.807) is 0 Å². The summed E-state index contributed by atoms with van der Waals surface area (Å²) in [7, 11) is 0. The van der Waals surface area contributed by atoms with E-state index >= 15 is 0 Å². The third kappa shape index (κ3) is 1.34. The Morgan fingerprint density at radius 2 is 2.30 bits per heavy atom. The maximum Gasteiger partial charge on any atom is 0.264 e. The van der Waals surface area contributed by atoms with Crippen LogP contribution in [-0.2, 0) is 0 Å². The van der Waals surface area contributed by atoms with Gasteiger partial charge in [-0.15, -0.1) is 17.8 Å². The molecule has 0 atom stereocenters. The molecule has 1 heterocycles. The van der Waals surface area contributed by atoms with Crippen molar-refractivity contribution in [3.05, 3.63) is 21.9 Å². The quantitative estimate of drug-likeness (QED) is 0.551. The van der Waals surface area contributed by atoms with Gasteiger partial charge >= 0.3 is 0 Å². The average Bonchev–Trinajstić information content (AvgIpc) is 2.34. The fraction of sp³-hybridized carbons (Fsp3) is 0.143. The summed E-state index contributed by atoms with van der Waals surface area (Å²) in [6, 6.07) is 1.33. The van der Waals surface area contributed by atoms with Crippen molar-refractivity contribution in [2.75, 3.05) is 0 Å². The van der Waals surface area contributed by atoms with Gasteiger partial charge in [0.1, 0.15) is 0 Å². The molecule has 0 saturated carbocycles. The molecule has 1 aromatic rings. The Labute approximate surface area is 61.5 Å². The second-order valence-corrected chi connectivity index (χ2v) is 2.60. The lowest BCUT2D eigenvalue weighted by Gasteiger charge is -1.88. The average molecular weight is 158 g/mol. The summed E-state index contributed by atoms with van der Waals surface area (Å²) in [6.45, 7) is 0. The topological polar surface area (TPSA) is 0 Å². The third-order valence-corrected chi connectivity index (χ3v) is 1.89. The number of terminal acetylenes is 1. The number of hydrogen-bond donors (Lipinski definition) is 0. The van der Waals surface area contributed by atoms with Crippen LogP contribution in [-0.4, -0.2) is 0 Å². The molecular weight excluding hydrogens is 154 g/mol. The maximum atomic E-state index is 11.9. The predicted octanol–water partition coefficient (Wildman–Crippen LogP) is 2.67. The van der Waals surface area contributed by atoms with Crippen LogP contribution in [0.4, 0.5) is 8.78 Å². The van der Waals surface area contributed by atoms with E-state index in [1.807, 2.05) is 0 Å². The van der Waals surface area contributed by atoms with Gasteiger partial charge < -0.3 is 0 Å². The smallest absolute Gasteiger partial charge is 0.205 e. The molecule has 0 nitrogen and oxygen atoms in total. The SMILES string of the molecule is C#Cc1cc(C(F)F)cs1. The predicted molar refractivity (Wildman–Crippen MR) is 37.2 cm³/mol. The van der Waals surface area contributed by atoms with Crippen molar-refractivity contribution in [3.63, 3.8) is 0 Å². The van der Waals surface area contributed by atoms with Crippen LogP contribution in [0, 0.1) is 12.3 Å².